The highest BCUT2D eigenvalue weighted by molar-refractivity contribution is 7.92. The van der Waals surface area contributed by atoms with Crippen LogP contribution in [0.1, 0.15) is 18.1 Å². The standard InChI is InChI=1S/C26H26Cl2FN3O4S/c1-17-4-11-22(12-5-17)37(35,36)32(21-10-13-23(27)24(28)14-21)16-25(33)31(18(2)26(34)30-3)15-19-6-8-20(29)9-7-19/h4-14,18H,15-16H2,1-3H3,(H,30,34)/t18-/m1/s1. The number of carbonyl (C=O) groups excluding carboxylic acids is 2. The quantitative estimate of drug-likeness (QED) is 0.403. The summed E-state index contributed by atoms with van der Waals surface area (Å²) in [5.74, 6) is -1.55. The van der Waals surface area contributed by atoms with Crippen molar-refractivity contribution < 1.29 is 22.4 Å². The number of likely N-dealkylation sites (N-methyl/N-ethyl adjacent to an activating group) is 1. The Bertz CT molecular complexity index is 1380. The Morgan fingerprint density at radius 1 is 0.973 bits per heavy atom. The van der Waals surface area contributed by atoms with Gasteiger partial charge < -0.3 is 10.2 Å². The summed E-state index contributed by atoms with van der Waals surface area (Å²) < 4.78 is 41.8. The van der Waals surface area contributed by atoms with E-state index in [1.165, 1.54) is 73.5 Å². The summed E-state index contributed by atoms with van der Waals surface area (Å²) >= 11 is 12.2. The second-order valence-electron chi connectivity index (χ2n) is 8.36. The molecule has 0 heterocycles. The Kier molecular flexibility index (Phi) is 9.17. The first-order valence-electron chi connectivity index (χ1n) is 11.2. The Labute approximate surface area is 225 Å². The van der Waals surface area contributed by atoms with Crippen molar-refractivity contribution in [1.29, 1.82) is 0 Å². The van der Waals surface area contributed by atoms with Crippen molar-refractivity contribution in [1.82, 2.24) is 10.2 Å². The number of carbonyl (C=O) groups is 2. The molecule has 1 N–H and O–H groups in total. The first kappa shape index (κ1) is 28.4. The maximum Gasteiger partial charge on any atom is 0.264 e. The van der Waals surface area contributed by atoms with Crippen LogP contribution in [-0.4, -0.2) is 44.8 Å². The highest BCUT2D eigenvalue weighted by atomic mass is 35.5. The molecule has 0 aromatic heterocycles. The minimum absolute atomic E-state index is 0.0265. The Hall–Kier alpha value is -3.14. The van der Waals surface area contributed by atoms with Gasteiger partial charge in [0.05, 0.1) is 20.6 Å². The first-order chi connectivity index (χ1) is 17.4. The second-order valence-corrected chi connectivity index (χ2v) is 11.0. The Balaban J connectivity index is 2.05. The van der Waals surface area contributed by atoms with E-state index in [4.69, 9.17) is 23.2 Å². The van der Waals surface area contributed by atoms with E-state index in [1.54, 1.807) is 12.1 Å². The molecular formula is C26H26Cl2FN3O4S. The van der Waals surface area contributed by atoms with Crippen LogP contribution in [0.2, 0.25) is 10.0 Å². The van der Waals surface area contributed by atoms with Gasteiger partial charge in [-0.2, -0.15) is 0 Å². The number of halogens is 3. The van der Waals surface area contributed by atoms with E-state index in [0.29, 0.717) is 5.56 Å². The van der Waals surface area contributed by atoms with Crippen LogP contribution < -0.4 is 9.62 Å². The molecule has 0 unspecified atom stereocenters. The topological polar surface area (TPSA) is 86.8 Å². The molecule has 0 spiro atoms. The zero-order valence-corrected chi connectivity index (χ0v) is 22.7. The third kappa shape index (κ3) is 6.80. The molecule has 196 valence electrons. The lowest BCUT2D eigenvalue weighted by atomic mass is 10.1. The molecule has 1 atom stereocenters. The summed E-state index contributed by atoms with van der Waals surface area (Å²) in [7, 11) is -2.79. The van der Waals surface area contributed by atoms with Crippen molar-refractivity contribution in [3.05, 3.63) is 93.7 Å². The van der Waals surface area contributed by atoms with Gasteiger partial charge in [0, 0.05) is 13.6 Å². The van der Waals surface area contributed by atoms with Gasteiger partial charge in [-0.15, -0.1) is 0 Å². The van der Waals surface area contributed by atoms with Gasteiger partial charge >= 0.3 is 0 Å². The maximum absolute atomic E-state index is 13.7. The van der Waals surface area contributed by atoms with Crippen LogP contribution in [0.15, 0.2) is 71.6 Å². The lowest BCUT2D eigenvalue weighted by Crippen LogP contribution is -2.50. The molecule has 0 saturated heterocycles. The molecule has 7 nitrogen and oxygen atoms in total. The van der Waals surface area contributed by atoms with Crippen molar-refractivity contribution in [2.24, 2.45) is 0 Å². The number of hydrogen-bond donors (Lipinski definition) is 1. The lowest BCUT2D eigenvalue weighted by molar-refractivity contribution is -0.139. The second kappa shape index (κ2) is 11.9. The summed E-state index contributed by atoms with van der Waals surface area (Å²) in [6.45, 7) is 2.67. The number of aryl methyl sites for hydroxylation is 1. The molecule has 0 aliphatic carbocycles. The fourth-order valence-electron chi connectivity index (χ4n) is 3.58. The number of anilines is 1. The third-order valence-electron chi connectivity index (χ3n) is 5.76. The van der Waals surface area contributed by atoms with Gasteiger partial charge in [-0.1, -0.05) is 53.0 Å². The van der Waals surface area contributed by atoms with Crippen molar-refractivity contribution >= 4 is 50.7 Å². The van der Waals surface area contributed by atoms with Crippen LogP contribution in [0.25, 0.3) is 0 Å². The van der Waals surface area contributed by atoms with E-state index < -0.39 is 40.2 Å². The van der Waals surface area contributed by atoms with Gasteiger partial charge in [0.1, 0.15) is 18.4 Å². The van der Waals surface area contributed by atoms with E-state index in [2.05, 4.69) is 5.32 Å². The Morgan fingerprint density at radius 2 is 1.59 bits per heavy atom. The average Bonchev–Trinajstić information content (AvgIpc) is 2.87. The normalized spacial score (nSPS) is 12.1. The molecule has 0 saturated carbocycles. The highest BCUT2D eigenvalue weighted by Gasteiger charge is 2.32. The van der Waals surface area contributed by atoms with E-state index in [0.717, 1.165) is 9.87 Å². The number of benzene rings is 3. The summed E-state index contributed by atoms with van der Waals surface area (Å²) in [6.07, 6.45) is 0. The fourth-order valence-corrected chi connectivity index (χ4v) is 5.28. The molecule has 3 aromatic rings. The fraction of sp³-hybridized carbons (Fsp3) is 0.231. The van der Waals surface area contributed by atoms with Gasteiger partial charge in [0.15, 0.2) is 0 Å². The van der Waals surface area contributed by atoms with E-state index in [-0.39, 0.29) is 27.2 Å². The lowest BCUT2D eigenvalue weighted by Gasteiger charge is -2.31. The molecule has 3 rings (SSSR count). The summed E-state index contributed by atoms with van der Waals surface area (Å²) in [5, 5.41) is 2.83. The molecule has 3 aromatic carbocycles. The molecular weight excluding hydrogens is 540 g/mol. The monoisotopic (exact) mass is 565 g/mol. The van der Waals surface area contributed by atoms with E-state index in [1.807, 2.05) is 6.92 Å². The van der Waals surface area contributed by atoms with Gasteiger partial charge in [-0.05, 0) is 61.9 Å². The van der Waals surface area contributed by atoms with Crippen molar-refractivity contribution in [3.63, 3.8) is 0 Å². The van der Waals surface area contributed by atoms with Crippen LogP contribution in [-0.2, 0) is 26.2 Å². The van der Waals surface area contributed by atoms with Gasteiger partial charge in [0.2, 0.25) is 11.8 Å². The minimum atomic E-state index is -4.23. The van der Waals surface area contributed by atoms with Crippen LogP contribution in [0.4, 0.5) is 10.1 Å². The SMILES string of the molecule is CNC(=O)[C@@H](C)N(Cc1ccc(F)cc1)C(=O)CN(c1ccc(Cl)c(Cl)c1)S(=O)(=O)c1ccc(C)cc1. The minimum Gasteiger partial charge on any atom is -0.357 e. The molecule has 11 heteroatoms. The number of nitrogens with zero attached hydrogens (tertiary/aromatic N) is 2. The molecule has 0 radical (unpaired) electrons. The van der Waals surface area contributed by atoms with Crippen LogP contribution >= 0.6 is 23.2 Å². The molecule has 2 amide bonds. The van der Waals surface area contributed by atoms with Gasteiger partial charge in [-0.25, -0.2) is 12.8 Å². The smallest absolute Gasteiger partial charge is 0.264 e. The molecule has 0 fully saturated rings. The van der Waals surface area contributed by atoms with Crippen LogP contribution in [0.5, 0.6) is 0 Å². The van der Waals surface area contributed by atoms with Crippen LogP contribution in [0.3, 0.4) is 0 Å². The number of amides is 2. The summed E-state index contributed by atoms with van der Waals surface area (Å²) in [5.41, 5.74) is 1.55. The molecule has 37 heavy (non-hydrogen) atoms. The van der Waals surface area contributed by atoms with Crippen LogP contribution in [0, 0.1) is 12.7 Å². The summed E-state index contributed by atoms with van der Waals surface area (Å²) in [4.78, 5) is 27.3. The zero-order chi connectivity index (χ0) is 27.3. The van der Waals surface area contributed by atoms with Gasteiger partial charge in [-0.3, -0.25) is 13.9 Å². The molecule has 0 bridgehead atoms. The summed E-state index contributed by atoms with van der Waals surface area (Å²) in [6, 6.07) is 15.0. The number of rotatable bonds is 9. The van der Waals surface area contributed by atoms with Crippen molar-refractivity contribution in [2.75, 3.05) is 17.9 Å². The number of sulfonamides is 1. The molecule has 0 aliphatic rings. The van der Waals surface area contributed by atoms with Crippen molar-refractivity contribution in [3.8, 4) is 0 Å². The number of nitrogens with one attached hydrogen (secondary N) is 1. The maximum atomic E-state index is 13.7. The molecule has 0 aliphatic heterocycles. The highest BCUT2D eigenvalue weighted by Crippen LogP contribution is 2.31. The largest absolute Gasteiger partial charge is 0.357 e. The van der Waals surface area contributed by atoms with Crippen molar-refractivity contribution in [2.45, 2.75) is 31.3 Å². The third-order valence-corrected chi connectivity index (χ3v) is 8.29. The van der Waals surface area contributed by atoms with E-state index in [9.17, 15) is 22.4 Å². The Morgan fingerprint density at radius 3 is 2.16 bits per heavy atom. The van der Waals surface area contributed by atoms with Gasteiger partial charge in [0.25, 0.3) is 10.0 Å². The average molecular weight is 566 g/mol. The number of hydrogen-bond acceptors (Lipinski definition) is 4. The van der Waals surface area contributed by atoms with E-state index >= 15 is 0 Å². The zero-order valence-electron chi connectivity index (χ0n) is 20.4. The predicted octanol–water partition coefficient (Wildman–Crippen LogP) is 4.80. The predicted molar refractivity (Wildman–Crippen MR) is 143 cm³/mol. The first-order valence-corrected chi connectivity index (χ1v) is 13.4.